The van der Waals surface area contributed by atoms with Crippen molar-refractivity contribution in [3.05, 3.63) is 29.8 Å². The van der Waals surface area contributed by atoms with Crippen LogP contribution in [0.1, 0.15) is 18.9 Å². The summed E-state index contributed by atoms with van der Waals surface area (Å²) in [5.41, 5.74) is 2.98. The number of aliphatic hydroxyl groups is 1. The van der Waals surface area contributed by atoms with Crippen LogP contribution in [0, 0.1) is 0 Å². The molecule has 0 aliphatic carbocycles. The highest BCUT2D eigenvalue weighted by atomic mass is 32.2. The monoisotopic (exact) mass is 382 g/mol. The van der Waals surface area contributed by atoms with Crippen molar-refractivity contribution in [2.75, 3.05) is 77.1 Å². The van der Waals surface area contributed by atoms with E-state index < -0.39 is 0 Å². The zero-order chi connectivity index (χ0) is 19.2. The van der Waals surface area contributed by atoms with Crippen LogP contribution in [0.3, 0.4) is 0 Å². The molecule has 2 N–H and O–H groups in total. The van der Waals surface area contributed by atoms with Gasteiger partial charge in [0.2, 0.25) is 0 Å². The van der Waals surface area contributed by atoms with Gasteiger partial charge in [-0.25, -0.2) is 0 Å². The van der Waals surface area contributed by atoms with Gasteiger partial charge in [-0.1, -0.05) is 25.1 Å². The highest BCUT2D eigenvalue weighted by Crippen LogP contribution is 2.26. The SMILES string of the molecule is CCCN1CCc2ccccc21.CN1CCNC1.CN1CCSC1.CO. The average molecular weight is 383 g/mol. The lowest BCUT2D eigenvalue weighted by molar-refractivity contribution is 0.399. The molecule has 6 heteroatoms. The number of anilines is 1. The Hall–Kier alpha value is -0.790. The number of thioether (sulfide) groups is 1. The van der Waals surface area contributed by atoms with Crippen LogP contribution in [-0.4, -0.2) is 87.1 Å². The van der Waals surface area contributed by atoms with E-state index in [0.29, 0.717) is 0 Å². The first-order valence-electron chi connectivity index (χ1n) is 9.64. The maximum Gasteiger partial charge on any atom is 0.0478 e. The highest BCUT2D eigenvalue weighted by molar-refractivity contribution is 7.99. The molecule has 0 saturated carbocycles. The van der Waals surface area contributed by atoms with Gasteiger partial charge in [-0.3, -0.25) is 9.80 Å². The number of nitrogens with one attached hydrogen (secondary N) is 1. The predicted molar refractivity (Wildman–Crippen MR) is 116 cm³/mol. The van der Waals surface area contributed by atoms with Gasteiger partial charge in [-0.15, -0.1) is 11.8 Å². The number of nitrogens with zero attached hydrogens (tertiary/aromatic N) is 3. The zero-order valence-electron chi connectivity index (χ0n) is 17.1. The van der Waals surface area contributed by atoms with Crippen LogP contribution in [0.25, 0.3) is 0 Å². The number of fused-ring (bicyclic) bond motifs is 1. The van der Waals surface area contributed by atoms with Gasteiger partial charge < -0.3 is 15.3 Å². The lowest BCUT2D eigenvalue weighted by Gasteiger charge is -2.17. The van der Waals surface area contributed by atoms with Crippen molar-refractivity contribution in [3.8, 4) is 0 Å². The van der Waals surface area contributed by atoms with Crippen LogP contribution in [0.4, 0.5) is 5.69 Å². The number of likely N-dealkylation sites (N-methyl/N-ethyl adjacent to an activating group) is 1. The zero-order valence-corrected chi connectivity index (χ0v) is 17.9. The maximum absolute atomic E-state index is 7.00. The van der Waals surface area contributed by atoms with E-state index in [-0.39, 0.29) is 0 Å². The first kappa shape index (κ1) is 23.2. The Morgan fingerprint density at radius 2 is 1.85 bits per heavy atom. The van der Waals surface area contributed by atoms with Crippen molar-refractivity contribution in [2.45, 2.75) is 19.8 Å². The Morgan fingerprint density at radius 1 is 1.08 bits per heavy atom. The van der Waals surface area contributed by atoms with Gasteiger partial charge in [0.05, 0.1) is 0 Å². The van der Waals surface area contributed by atoms with Gasteiger partial charge in [0.15, 0.2) is 0 Å². The lowest BCUT2D eigenvalue weighted by Crippen LogP contribution is -2.20. The normalized spacial score (nSPS) is 18.9. The van der Waals surface area contributed by atoms with Gasteiger partial charge >= 0.3 is 0 Å². The summed E-state index contributed by atoms with van der Waals surface area (Å²) in [5, 5.41) is 10.2. The molecule has 2 fully saturated rings. The molecule has 5 nitrogen and oxygen atoms in total. The summed E-state index contributed by atoms with van der Waals surface area (Å²) in [6.07, 6.45) is 2.48. The topological polar surface area (TPSA) is 42.0 Å². The Kier molecular flexibility index (Phi) is 12.8. The van der Waals surface area contributed by atoms with E-state index in [1.165, 1.54) is 61.9 Å². The minimum atomic E-state index is 1.00. The van der Waals surface area contributed by atoms with Crippen LogP contribution >= 0.6 is 11.8 Å². The van der Waals surface area contributed by atoms with Crippen LogP contribution in [0.15, 0.2) is 24.3 Å². The molecule has 26 heavy (non-hydrogen) atoms. The van der Waals surface area contributed by atoms with E-state index in [4.69, 9.17) is 5.11 Å². The molecule has 4 rings (SSSR count). The van der Waals surface area contributed by atoms with E-state index >= 15 is 0 Å². The Labute approximate surface area is 164 Å². The number of aliphatic hydroxyl groups excluding tert-OH is 1. The molecule has 0 atom stereocenters. The van der Waals surface area contributed by atoms with Gasteiger partial charge in [0, 0.05) is 63.8 Å². The summed E-state index contributed by atoms with van der Waals surface area (Å²) in [4.78, 5) is 7.06. The van der Waals surface area contributed by atoms with Crippen molar-refractivity contribution in [1.82, 2.24) is 15.1 Å². The predicted octanol–water partition coefficient (Wildman–Crippen LogP) is 2.17. The minimum Gasteiger partial charge on any atom is -0.400 e. The summed E-state index contributed by atoms with van der Waals surface area (Å²) < 4.78 is 0. The Balaban J connectivity index is 0.000000204. The summed E-state index contributed by atoms with van der Waals surface area (Å²) in [6, 6.07) is 8.74. The Bertz CT molecular complexity index is 447. The van der Waals surface area contributed by atoms with Gasteiger partial charge in [-0.2, -0.15) is 0 Å². The second-order valence-electron chi connectivity index (χ2n) is 6.72. The molecule has 0 amide bonds. The molecule has 0 radical (unpaired) electrons. The second-order valence-corrected chi connectivity index (χ2v) is 7.80. The van der Waals surface area contributed by atoms with Gasteiger partial charge in [0.25, 0.3) is 0 Å². The minimum absolute atomic E-state index is 1.00. The fraction of sp³-hybridized carbons (Fsp3) is 0.700. The van der Waals surface area contributed by atoms with Gasteiger partial charge in [-0.05, 0) is 38.6 Å². The molecule has 2 saturated heterocycles. The van der Waals surface area contributed by atoms with Crippen LogP contribution in [0.5, 0.6) is 0 Å². The third-order valence-electron chi connectivity index (χ3n) is 4.46. The summed E-state index contributed by atoms with van der Waals surface area (Å²) in [7, 11) is 5.26. The molecular weight excluding hydrogens is 344 g/mol. The smallest absolute Gasteiger partial charge is 0.0478 e. The number of para-hydroxylation sites is 1. The highest BCUT2D eigenvalue weighted by Gasteiger charge is 2.16. The molecule has 3 aliphatic heterocycles. The van der Waals surface area contributed by atoms with Crippen LogP contribution in [-0.2, 0) is 6.42 Å². The molecular formula is C20H38N4OS. The summed E-state index contributed by atoms with van der Waals surface area (Å²) >= 11 is 2.01. The third-order valence-corrected chi connectivity index (χ3v) is 5.55. The van der Waals surface area contributed by atoms with E-state index in [1.54, 1.807) is 0 Å². The quantitative estimate of drug-likeness (QED) is 0.817. The van der Waals surface area contributed by atoms with Crippen LogP contribution < -0.4 is 10.2 Å². The first-order chi connectivity index (χ1) is 12.7. The lowest BCUT2D eigenvalue weighted by atomic mass is 10.2. The maximum atomic E-state index is 7.00. The fourth-order valence-corrected chi connectivity index (χ4v) is 4.04. The molecule has 0 spiro atoms. The summed E-state index contributed by atoms with van der Waals surface area (Å²) in [6.45, 7) is 9.38. The Morgan fingerprint density at radius 3 is 2.31 bits per heavy atom. The molecule has 1 aromatic carbocycles. The van der Waals surface area contributed by atoms with Crippen molar-refractivity contribution >= 4 is 17.4 Å². The number of rotatable bonds is 2. The number of hydrogen-bond acceptors (Lipinski definition) is 6. The third kappa shape index (κ3) is 8.73. The van der Waals surface area contributed by atoms with Crippen molar-refractivity contribution in [3.63, 3.8) is 0 Å². The van der Waals surface area contributed by atoms with E-state index in [9.17, 15) is 0 Å². The molecule has 0 aromatic heterocycles. The molecule has 1 aromatic rings. The number of benzene rings is 1. The van der Waals surface area contributed by atoms with Crippen molar-refractivity contribution < 1.29 is 5.11 Å². The van der Waals surface area contributed by atoms with Crippen molar-refractivity contribution in [2.24, 2.45) is 0 Å². The largest absolute Gasteiger partial charge is 0.400 e. The summed E-state index contributed by atoms with van der Waals surface area (Å²) in [5.74, 6) is 2.57. The standard InChI is InChI=1S/C11H15N.C4H10N2.C4H9NS.CH4O/c1-2-8-12-9-7-10-5-3-4-6-11(10)12;1-6-3-2-5-4-6;1-5-2-3-6-4-5;1-2/h3-6H,2,7-9H2,1H3;5H,2-4H2,1H3;2-4H2,1H3;2H,1H3. The van der Waals surface area contributed by atoms with Crippen LogP contribution in [0.2, 0.25) is 0 Å². The molecule has 0 unspecified atom stereocenters. The molecule has 3 aliphatic rings. The second kappa shape index (κ2) is 14.3. The van der Waals surface area contributed by atoms with E-state index in [2.05, 4.69) is 65.3 Å². The fourth-order valence-electron chi connectivity index (χ4n) is 3.03. The number of hydrogen-bond donors (Lipinski definition) is 2. The van der Waals surface area contributed by atoms with Gasteiger partial charge in [0.1, 0.15) is 0 Å². The van der Waals surface area contributed by atoms with Crippen molar-refractivity contribution in [1.29, 1.82) is 0 Å². The molecule has 3 heterocycles. The first-order valence-corrected chi connectivity index (χ1v) is 10.8. The molecule has 150 valence electrons. The average Bonchev–Trinajstić information content (AvgIpc) is 3.42. The van der Waals surface area contributed by atoms with E-state index in [0.717, 1.165) is 20.3 Å². The molecule has 0 bridgehead atoms. The van der Waals surface area contributed by atoms with E-state index in [1.807, 2.05) is 11.8 Å².